The van der Waals surface area contributed by atoms with E-state index in [9.17, 15) is 4.79 Å². The fraction of sp³-hybridized carbons (Fsp3) is 0.455. The van der Waals surface area contributed by atoms with E-state index in [1.165, 1.54) is 12.8 Å². The molecule has 1 aliphatic rings. The van der Waals surface area contributed by atoms with Crippen LogP contribution in [0.15, 0.2) is 52.1 Å². The van der Waals surface area contributed by atoms with Crippen LogP contribution in [0.5, 0.6) is 5.75 Å². The van der Waals surface area contributed by atoms with E-state index in [4.69, 9.17) is 9.15 Å². The van der Waals surface area contributed by atoms with Crippen LogP contribution in [-0.4, -0.2) is 63.6 Å². The van der Waals surface area contributed by atoms with Gasteiger partial charge in [0.25, 0.3) is 5.91 Å². The fourth-order valence-corrected chi connectivity index (χ4v) is 3.58. The number of likely N-dealkylation sites (tertiary alicyclic amines) is 1. The minimum absolute atomic E-state index is 0. The largest absolute Gasteiger partial charge is 0.497 e. The van der Waals surface area contributed by atoms with Gasteiger partial charge in [-0.15, -0.1) is 24.0 Å². The van der Waals surface area contributed by atoms with Crippen molar-refractivity contribution in [1.82, 2.24) is 20.9 Å². The van der Waals surface area contributed by atoms with E-state index in [2.05, 4.69) is 25.8 Å². The van der Waals surface area contributed by atoms with Gasteiger partial charge in [0, 0.05) is 32.2 Å². The molecule has 0 spiro atoms. The third-order valence-electron chi connectivity index (χ3n) is 5.17. The van der Waals surface area contributed by atoms with E-state index in [0.717, 1.165) is 18.8 Å². The molecule has 9 heteroatoms. The van der Waals surface area contributed by atoms with Crippen molar-refractivity contribution in [3.63, 3.8) is 0 Å². The van der Waals surface area contributed by atoms with Crippen molar-refractivity contribution in [2.45, 2.75) is 18.9 Å². The lowest BCUT2D eigenvalue weighted by Crippen LogP contribution is -2.44. The lowest BCUT2D eigenvalue weighted by molar-refractivity contribution is 0.0954. The van der Waals surface area contributed by atoms with Crippen LogP contribution in [0.4, 0.5) is 0 Å². The number of benzene rings is 1. The van der Waals surface area contributed by atoms with E-state index >= 15 is 0 Å². The molecule has 2 heterocycles. The van der Waals surface area contributed by atoms with Gasteiger partial charge in [-0.2, -0.15) is 0 Å². The standard InChI is InChI=1S/C22H31N5O3.HI/c1-23-22(25-11-10-24-21(28)17-7-5-8-18(15-17)29-2)26-16-19(20-9-6-14-30-20)27-12-3-4-13-27;/h5-9,14-15,19H,3-4,10-13,16H2,1-2H3,(H,24,28)(H2,23,25,26);1H. The average Bonchev–Trinajstić information content (AvgIpc) is 3.50. The number of hydrogen-bond donors (Lipinski definition) is 3. The van der Waals surface area contributed by atoms with Crippen molar-refractivity contribution in [3.05, 3.63) is 54.0 Å². The van der Waals surface area contributed by atoms with Crippen molar-refractivity contribution in [1.29, 1.82) is 0 Å². The van der Waals surface area contributed by atoms with Gasteiger partial charge in [0.05, 0.1) is 19.4 Å². The van der Waals surface area contributed by atoms with Gasteiger partial charge >= 0.3 is 0 Å². The number of methoxy groups -OCH3 is 1. The maximum Gasteiger partial charge on any atom is 0.251 e. The average molecular weight is 541 g/mol. The molecule has 1 atom stereocenters. The lowest BCUT2D eigenvalue weighted by Gasteiger charge is -2.26. The molecule has 1 unspecified atom stereocenters. The monoisotopic (exact) mass is 541 g/mol. The lowest BCUT2D eigenvalue weighted by atomic mass is 10.2. The highest BCUT2D eigenvalue weighted by Crippen LogP contribution is 2.24. The van der Waals surface area contributed by atoms with Crippen LogP contribution in [0.1, 0.15) is 35.0 Å². The van der Waals surface area contributed by atoms with Gasteiger partial charge in [-0.05, 0) is 56.3 Å². The number of halogens is 1. The molecule has 1 saturated heterocycles. The first-order chi connectivity index (χ1) is 14.7. The normalized spacial score (nSPS) is 15.1. The smallest absolute Gasteiger partial charge is 0.251 e. The number of carbonyl (C=O) groups is 1. The summed E-state index contributed by atoms with van der Waals surface area (Å²) in [5.74, 6) is 2.19. The molecule has 170 valence electrons. The molecule has 1 aromatic carbocycles. The van der Waals surface area contributed by atoms with E-state index < -0.39 is 0 Å². The summed E-state index contributed by atoms with van der Waals surface area (Å²) in [5, 5.41) is 9.52. The molecule has 3 N–H and O–H groups in total. The van der Waals surface area contributed by atoms with Gasteiger partial charge in [0.2, 0.25) is 0 Å². The topological polar surface area (TPSA) is 91.1 Å². The third-order valence-corrected chi connectivity index (χ3v) is 5.17. The molecule has 0 radical (unpaired) electrons. The molecular weight excluding hydrogens is 509 g/mol. The van der Waals surface area contributed by atoms with Gasteiger partial charge in [-0.25, -0.2) is 0 Å². The predicted octanol–water partition coefficient (Wildman–Crippen LogP) is 2.64. The van der Waals surface area contributed by atoms with Crippen LogP contribution in [-0.2, 0) is 0 Å². The summed E-state index contributed by atoms with van der Waals surface area (Å²) in [4.78, 5) is 19.0. The predicted molar refractivity (Wildman–Crippen MR) is 132 cm³/mol. The Kier molecular flexibility index (Phi) is 10.6. The number of ether oxygens (including phenoxy) is 1. The summed E-state index contributed by atoms with van der Waals surface area (Å²) in [6.07, 6.45) is 4.16. The van der Waals surface area contributed by atoms with Crippen molar-refractivity contribution in [3.8, 4) is 5.75 Å². The third kappa shape index (κ3) is 7.42. The molecule has 1 aliphatic heterocycles. The first kappa shape index (κ1) is 25.0. The first-order valence-corrected chi connectivity index (χ1v) is 10.4. The molecule has 0 aliphatic carbocycles. The molecule has 0 saturated carbocycles. The van der Waals surface area contributed by atoms with Gasteiger partial charge < -0.3 is 25.1 Å². The summed E-state index contributed by atoms with van der Waals surface area (Å²) in [7, 11) is 3.32. The summed E-state index contributed by atoms with van der Waals surface area (Å²) in [5.41, 5.74) is 0.573. The molecule has 31 heavy (non-hydrogen) atoms. The first-order valence-electron chi connectivity index (χ1n) is 10.4. The number of carbonyl (C=O) groups excluding carboxylic acids is 1. The molecular formula is C22H32IN5O3. The van der Waals surface area contributed by atoms with Gasteiger partial charge in [-0.1, -0.05) is 6.07 Å². The second-order valence-electron chi connectivity index (χ2n) is 7.14. The SMILES string of the molecule is CN=C(NCCNC(=O)c1cccc(OC)c1)NCC(c1ccco1)N1CCCC1.I. The molecule has 2 aromatic rings. The number of rotatable bonds is 9. The van der Waals surface area contributed by atoms with Crippen LogP contribution >= 0.6 is 24.0 Å². The molecule has 1 fully saturated rings. The second kappa shape index (κ2) is 13.2. The zero-order valence-corrected chi connectivity index (χ0v) is 20.4. The molecule has 8 nitrogen and oxygen atoms in total. The van der Waals surface area contributed by atoms with Crippen LogP contribution in [0.3, 0.4) is 0 Å². The van der Waals surface area contributed by atoms with Crippen molar-refractivity contribution >= 4 is 35.8 Å². The van der Waals surface area contributed by atoms with Crippen molar-refractivity contribution in [2.75, 3.05) is 46.9 Å². The molecule has 1 aromatic heterocycles. The number of aliphatic imine (C=N–C) groups is 1. The van der Waals surface area contributed by atoms with Gasteiger partial charge in [0.1, 0.15) is 11.5 Å². The number of nitrogens with zero attached hydrogens (tertiary/aromatic N) is 2. The number of furan rings is 1. The van der Waals surface area contributed by atoms with Crippen LogP contribution in [0.25, 0.3) is 0 Å². The maximum absolute atomic E-state index is 12.3. The van der Waals surface area contributed by atoms with Gasteiger partial charge in [-0.3, -0.25) is 14.7 Å². The molecule has 3 rings (SSSR count). The van der Waals surface area contributed by atoms with Crippen molar-refractivity contribution < 1.29 is 13.9 Å². The number of amides is 1. The highest BCUT2D eigenvalue weighted by molar-refractivity contribution is 14.0. The summed E-state index contributed by atoms with van der Waals surface area (Å²) in [6, 6.07) is 11.2. The number of hydrogen-bond acceptors (Lipinski definition) is 5. The Morgan fingerprint density at radius 2 is 1.94 bits per heavy atom. The fourth-order valence-electron chi connectivity index (χ4n) is 3.58. The number of nitrogens with one attached hydrogen (secondary N) is 3. The maximum atomic E-state index is 12.3. The second-order valence-corrected chi connectivity index (χ2v) is 7.14. The Morgan fingerprint density at radius 3 is 2.61 bits per heavy atom. The number of guanidine groups is 1. The highest BCUT2D eigenvalue weighted by Gasteiger charge is 2.25. The highest BCUT2D eigenvalue weighted by atomic mass is 127. The van der Waals surface area contributed by atoms with Crippen LogP contribution in [0.2, 0.25) is 0 Å². The Balaban J connectivity index is 0.00000341. The zero-order valence-electron chi connectivity index (χ0n) is 18.1. The minimum Gasteiger partial charge on any atom is -0.497 e. The van der Waals surface area contributed by atoms with Crippen molar-refractivity contribution in [2.24, 2.45) is 4.99 Å². The minimum atomic E-state index is -0.134. The Labute approximate surface area is 200 Å². The van der Waals surface area contributed by atoms with E-state index in [1.54, 1.807) is 38.6 Å². The van der Waals surface area contributed by atoms with Crippen LogP contribution in [0, 0.1) is 0 Å². The van der Waals surface area contributed by atoms with E-state index in [0.29, 0.717) is 36.9 Å². The summed E-state index contributed by atoms with van der Waals surface area (Å²) >= 11 is 0. The summed E-state index contributed by atoms with van der Waals surface area (Å²) in [6.45, 7) is 3.89. The Hall–Kier alpha value is -2.27. The Bertz CT molecular complexity index is 822. The molecule has 1 amide bonds. The quantitative estimate of drug-likeness (QED) is 0.196. The van der Waals surface area contributed by atoms with E-state index in [1.807, 2.05) is 18.2 Å². The van der Waals surface area contributed by atoms with E-state index in [-0.39, 0.29) is 35.9 Å². The summed E-state index contributed by atoms with van der Waals surface area (Å²) < 4.78 is 10.8. The Morgan fingerprint density at radius 1 is 1.16 bits per heavy atom. The zero-order chi connectivity index (χ0) is 21.2. The van der Waals surface area contributed by atoms with Gasteiger partial charge in [0.15, 0.2) is 5.96 Å². The van der Waals surface area contributed by atoms with Crippen LogP contribution < -0.4 is 20.7 Å². The molecule has 0 bridgehead atoms.